The number of thiophene rings is 1. The number of hydrogen-bond donors (Lipinski definition) is 0. The monoisotopic (exact) mass is 431 g/mol. The van der Waals surface area contributed by atoms with Crippen LogP contribution in [0.25, 0.3) is 10.2 Å². The lowest BCUT2D eigenvalue weighted by Crippen LogP contribution is -2.33. The number of rotatable bonds is 5. The summed E-state index contributed by atoms with van der Waals surface area (Å²) in [6.45, 7) is 8.20. The predicted molar refractivity (Wildman–Crippen MR) is 121 cm³/mol. The molecule has 1 amide bonds. The molecule has 156 valence electrons. The first-order chi connectivity index (χ1) is 14.1. The van der Waals surface area contributed by atoms with Gasteiger partial charge in [-0.1, -0.05) is 37.6 Å². The summed E-state index contributed by atoms with van der Waals surface area (Å²) in [5, 5.41) is 1.43. The lowest BCUT2D eigenvalue weighted by molar-refractivity contribution is -0.128. The van der Waals surface area contributed by atoms with Gasteiger partial charge in [0.2, 0.25) is 5.91 Å². The van der Waals surface area contributed by atoms with Crippen molar-refractivity contribution in [2.24, 2.45) is 5.92 Å². The van der Waals surface area contributed by atoms with Crippen molar-refractivity contribution >= 4 is 39.2 Å². The Bertz CT molecular complexity index is 971. The molecule has 0 unspecified atom stereocenters. The topological polar surface area (TPSA) is 55.2 Å². The van der Waals surface area contributed by atoms with E-state index in [1.54, 1.807) is 22.0 Å². The largest absolute Gasteiger partial charge is 0.342 e. The summed E-state index contributed by atoms with van der Waals surface area (Å²) in [4.78, 5) is 35.0. The minimum Gasteiger partial charge on any atom is -0.342 e. The molecule has 1 aliphatic carbocycles. The predicted octanol–water partition coefficient (Wildman–Crippen LogP) is 4.26. The average molecular weight is 432 g/mol. The molecule has 0 N–H and O–H groups in total. The van der Waals surface area contributed by atoms with Gasteiger partial charge in [0.25, 0.3) is 5.56 Å². The van der Waals surface area contributed by atoms with Gasteiger partial charge in [-0.15, -0.1) is 17.9 Å². The van der Waals surface area contributed by atoms with E-state index in [1.165, 1.54) is 35.0 Å². The molecule has 0 bridgehead atoms. The summed E-state index contributed by atoms with van der Waals surface area (Å²) in [5.41, 5.74) is 1.22. The van der Waals surface area contributed by atoms with Crippen molar-refractivity contribution in [1.29, 1.82) is 0 Å². The Morgan fingerprint density at radius 3 is 2.79 bits per heavy atom. The Kier molecular flexibility index (Phi) is 6.44. The fourth-order valence-corrected chi connectivity index (χ4v) is 6.68. The first kappa shape index (κ1) is 20.7. The maximum atomic E-state index is 13.3. The van der Waals surface area contributed by atoms with E-state index in [0.717, 1.165) is 55.4 Å². The molecule has 1 fully saturated rings. The zero-order valence-electron chi connectivity index (χ0n) is 17.1. The van der Waals surface area contributed by atoms with E-state index in [9.17, 15) is 9.59 Å². The second-order valence-corrected chi connectivity index (χ2v) is 10.2. The highest BCUT2D eigenvalue weighted by Gasteiger charge is 2.25. The van der Waals surface area contributed by atoms with E-state index in [0.29, 0.717) is 23.4 Å². The highest BCUT2D eigenvalue weighted by atomic mass is 32.2. The number of aryl methyl sites for hydroxylation is 1. The van der Waals surface area contributed by atoms with Gasteiger partial charge in [0, 0.05) is 24.5 Å². The van der Waals surface area contributed by atoms with Crippen molar-refractivity contribution in [2.45, 2.75) is 63.6 Å². The van der Waals surface area contributed by atoms with E-state index >= 15 is 0 Å². The minimum atomic E-state index is 0.0201. The van der Waals surface area contributed by atoms with Crippen LogP contribution in [0, 0.1) is 5.92 Å². The summed E-state index contributed by atoms with van der Waals surface area (Å²) < 4.78 is 1.70. The van der Waals surface area contributed by atoms with Crippen molar-refractivity contribution in [1.82, 2.24) is 14.5 Å². The van der Waals surface area contributed by atoms with Gasteiger partial charge < -0.3 is 4.90 Å². The lowest BCUT2D eigenvalue weighted by atomic mass is 9.89. The molecular formula is C22H29N3O2S2. The Hall–Kier alpha value is -1.60. The Morgan fingerprint density at radius 2 is 2.07 bits per heavy atom. The first-order valence-corrected chi connectivity index (χ1v) is 12.4. The maximum absolute atomic E-state index is 13.3. The van der Waals surface area contributed by atoms with E-state index in [2.05, 4.69) is 13.5 Å². The van der Waals surface area contributed by atoms with Crippen LogP contribution in [0.2, 0.25) is 0 Å². The Balaban J connectivity index is 1.63. The molecule has 3 heterocycles. The molecule has 0 aromatic carbocycles. The molecule has 1 atom stereocenters. The van der Waals surface area contributed by atoms with Crippen molar-refractivity contribution < 1.29 is 4.79 Å². The number of hydrogen-bond acceptors (Lipinski definition) is 5. The number of allylic oxidation sites excluding steroid dienone is 1. The quantitative estimate of drug-likeness (QED) is 0.403. The van der Waals surface area contributed by atoms with Crippen molar-refractivity contribution in [3.05, 3.63) is 33.4 Å². The van der Waals surface area contributed by atoms with Gasteiger partial charge in [-0.25, -0.2) is 4.98 Å². The van der Waals surface area contributed by atoms with Crippen LogP contribution in [0.3, 0.4) is 0 Å². The molecule has 2 aromatic heterocycles. The van der Waals surface area contributed by atoms with Crippen molar-refractivity contribution in [3.63, 3.8) is 0 Å². The zero-order chi connectivity index (χ0) is 20.4. The third-order valence-electron chi connectivity index (χ3n) is 5.98. The molecular weight excluding hydrogens is 402 g/mol. The summed E-state index contributed by atoms with van der Waals surface area (Å²) in [5.74, 6) is 1.14. The molecule has 0 spiro atoms. The molecule has 29 heavy (non-hydrogen) atoms. The van der Waals surface area contributed by atoms with Gasteiger partial charge in [-0.05, 0) is 43.6 Å². The number of carbonyl (C=O) groups is 1. The molecule has 4 rings (SSSR count). The van der Waals surface area contributed by atoms with E-state index in [1.807, 2.05) is 4.90 Å². The van der Waals surface area contributed by atoms with E-state index in [4.69, 9.17) is 4.98 Å². The third-order valence-corrected chi connectivity index (χ3v) is 8.08. The van der Waals surface area contributed by atoms with Gasteiger partial charge in [0.1, 0.15) is 4.83 Å². The number of fused-ring (bicyclic) bond motifs is 3. The second-order valence-electron chi connectivity index (χ2n) is 8.21. The average Bonchev–Trinajstić information content (AvgIpc) is 2.88. The molecule has 0 saturated carbocycles. The van der Waals surface area contributed by atoms with Gasteiger partial charge in [-0.2, -0.15) is 0 Å². The van der Waals surface area contributed by atoms with Crippen molar-refractivity contribution in [3.8, 4) is 0 Å². The molecule has 0 radical (unpaired) electrons. The molecule has 7 heteroatoms. The standard InChI is InChI=1S/C22H29N3O2S2/c1-3-10-25-21(27)19-16-9-8-15(2)13-17(16)29-20(19)23-22(25)28-14-18(26)24-11-6-4-5-7-12-24/h3,15H,1,4-14H2,2H3/t15-/m0/s1. The summed E-state index contributed by atoms with van der Waals surface area (Å²) in [6.07, 6.45) is 9.43. The van der Waals surface area contributed by atoms with Crippen LogP contribution in [-0.4, -0.2) is 39.2 Å². The second kappa shape index (κ2) is 9.04. The number of carbonyl (C=O) groups excluding carboxylic acids is 1. The minimum absolute atomic E-state index is 0.0201. The highest BCUT2D eigenvalue weighted by molar-refractivity contribution is 7.99. The molecule has 5 nitrogen and oxygen atoms in total. The number of aromatic nitrogens is 2. The van der Waals surface area contributed by atoms with Crippen molar-refractivity contribution in [2.75, 3.05) is 18.8 Å². The van der Waals surface area contributed by atoms with Crippen LogP contribution in [0.15, 0.2) is 22.6 Å². The van der Waals surface area contributed by atoms with Gasteiger partial charge in [0.05, 0.1) is 11.1 Å². The first-order valence-electron chi connectivity index (χ1n) is 10.6. The van der Waals surface area contributed by atoms with Crippen LogP contribution in [-0.2, 0) is 24.2 Å². The maximum Gasteiger partial charge on any atom is 0.263 e. The van der Waals surface area contributed by atoms with Crippen LogP contribution < -0.4 is 5.56 Å². The molecule has 2 aromatic rings. The fourth-order valence-electron chi connectivity index (χ4n) is 4.34. The summed E-state index contributed by atoms with van der Waals surface area (Å²) >= 11 is 3.06. The summed E-state index contributed by atoms with van der Waals surface area (Å²) in [6, 6.07) is 0. The number of likely N-dealkylation sites (tertiary alicyclic amines) is 1. The zero-order valence-corrected chi connectivity index (χ0v) is 18.7. The number of thioether (sulfide) groups is 1. The molecule has 2 aliphatic rings. The van der Waals surface area contributed by atoms with Crippen LogP contribution in [0.4, 0.5) is 0 Å². The van der Waals surface area contributed by atoms with Gasteiger partial charge in [0.15, 0.2) is 5.16 Å². The van der Waals surface area contributed by atoms with Crippen LogP contribution in [0.5, 0.6) is 0 Å². The third kappa shape index (κ3) is 4.31. The Labute approximate surface area is 180 Å². The van der Waals surface area contributed by atoms with Crippen LogP contribution in [0.1, 0.15) is 49.5 Å². The van der Waals surface area contributed by atoms with Gasteiger partial charge in [-0.3, -0.25) is 14.2 Å². The Morgan fingerprint density at radius 1 is 1.31 bits per heavy atom. The normalized spacial score (nSPS) is 19.8. The van der Waals surface area contributed by atoms with Gasteiger partial charge >= 0.3 is 0 Å². The SMILES string of the molecule is C=CCn1c(SCC(=O)N2CCCCCC2)nc2sc3c(c2c1=O)CC[C@H](C)C3. The smallest absolute Gasteiger partial charge is 0.263 e. The van der Waals surface area contributed by atoms with E-state index in [-0.39, 0.29) is 11.5 Å². The molecule has 1 saturated heterocycles. The van der Waals surface area contributed by atoms with Crippen LogP contribution >= 0.6 is 23.1 Å². The number of nitrogens with zero attached hydrogens (tertiary/aromatic N) is 3. The summed E-state index contributed by atoms with van der Waals surface area (Å²) in [7, 11) is 0. The fraction of sp³-hybridized carbons (Fsp3) is 0.591. The molecule has 1 aliphatic heterocycles. The number of amides is 1. The van der Waals surface area contributed by atoms with E-state index < -0.39 is 0 Å². The lowest BCUT2D eigenvalue weighted by Gasteiger charge is -2.20. The highest BCUT2D eigenvalue weighted by Crippen LogP contribution is 2.36.